The Hall–Kier alpha value is -10.4. The molecule has 1 unspecified atom stereocenters. The van der Waals surface area contributed by atoms with Gasteiger partial charge in [-0.25, -0.2) is 0 Å². The van der Waals surface area contributed by atoms with E-state index in [0.717, 1.165) is 0 Å². The van der Waals surface area contributed by atoms with E-state index < -0.39 is 0 Å². The fourth-order valence-corrected chi connectivity index (χ4v) is 19.7. The minimum atomic E-state index is -0.143. The van der Waals surface area contributed by atoms with E-state index in [2.05, 4.69) is 283 Å². The summed E-state index contributed by atoms with van der Waals surface area (Å²) in [5, 5.41) is 7.77. The second-order valence-corrected chi connectivity index (χ2v) is 28.3. The van der Waals surface area contributed by atoms with Gasteiger partial charge in [-0.15, -0.1) is 0 Å². The van der Waals surface area contributed by atoms with E-state index in [4.69, 9.17) is 0 Å². The van der Waals surface area contributed by atoms with Crippen LogP contribution in [0.15, 0.2) is 182 Å². The Kier molecular flexibility index (Phi) is 10.1. The molecular weight excluding hydrogens is 1110 g/mol. The summed E-state index contributed by atoms with van der Waals surface area (Å²) in [7, 11) is 0. The highest BCUT2D eigenvalue weighted by Gasteiger charge is 2.46. The van der Waals surface area contributed by atoms with Crippen molar-refractivity contribution in [2.75, 3.05) is 0 Å². The van der Waals surface area contributed by atoms with Crippen LogP contribution >= 0.6 is 0 Å². The second kappa shape index (κ2) is 17.8. The molecule has 438 valence electrons. The van der Waals surface area contributed by atoms with Gasteiger partial charge in [0.15, 0.2) is 0 Å². The Morgan fingerprint density at radius 2 is 0.728 bits per heavy atom. The predicted molar refractivity (Wildman–Crippen MR) is 391 cm³/mol. The SMILES string of the molecule is Cc1cc(C)c(-c2ccc3c(c2)c2cc(-c4c(C)cc(C)cc4C)cc4c2n3-c2cccc3c2B4n2c4c-3cccc4c3c2c2cccc4c2n3C2c3c-4cccc3-n3c4ccc(-c5c(C)cc(C)cc5C)cc4c4cc(-c5c(C)cc(C)cc5C)cc2c43)c(C)c1. The highest BCUT2D eigenvalue weighted by atomic mass is 15.1. The molecule has 4 aromatic heterocycles. The molecule has 8 heterocycles. The molecule has 12 aromatic carbocycles. The molecule has 1 atom stereocenters. The minimum absolute atomic E-state index is 0.143. The summed E-state index contributed by atoms with van der Waals surface area (Å²) in [5.41, 5.74) is 49.5. The summed E-state index contributed by atoms with van der Waals surface area (Å²) in [6.07, 6.45) is 0. The standard InChI is InChI=1S/C87H67BN4/c1-43-29-47(5)75(48(6)30-43)55-25-27-71-65(37-55)67-39-57(77-51(9)33-45(3)34-52(77)10)41-69-82(67)89(71)73-23-15-17-59-61-19-13-21-63-81(61)91(85(69)79(59)73)86-64-22-14-20-62-60-18-16-24-74-80(60)88(92(83(62)64)87(63)86)70-42-58(78-53(11)35-46(4)36-54(78)12)40-68-66-38-56(26-28-72(66)90(74)84(68)70)76-49(7)31-44(2)32-50(76)8/h13-42,85H,1-12H3. The maximum Gasteiger partial charge on any atom is 0.333 e. The monoisotopic (exact) mass is 1180 g/mol. The maximum atomic E-state index is 2.85. The number of rotatable bonds is 4. The van der Waals surface area contributed by atoms with Crippen LogP contribution in [0.25, 0.3) is 155 Å². The Bertz CT molecular complexity index is 5750. The van der Waals surface area contributed by atoms with Crippen molar-refractivity contribution < 1.29 is 0 Å². The molecule has 4 aliphatic rings. The van der Waals surface area contributed by atoms with Crippen LogP contribution in [0.2, 0.25) is 0 Å². The molecule has 5 heteroatoms. The first-order chi connectivity index (χ1) is 44.6. The number of aromatic nitrogens is 4. The van der Waals surface area contributed by atoms with Crippen molar-refractivity contribution in [1.29, 1.82) is 0 Å². The van der Waals surface area contributed by atoms with Crippen LogP contribution in [0, 0.1) is 83.1 Å². The zero-order valence-electron chi connectivity index (χ0n) is 54.3. The summed E-state index contributed by atoms with van der Waals surface area (Å²) < 4.78 is 11.0. The Morgan fingerprint density at radius 3 is 1.27 bits per heavy atom. The first-order valence-electron chi connectivity index (χ1n) is 33.0. The zero-order valence-corrected chi connectivity index (χ0v) is 54.3. The number of para-hydroxylation sites is 2. The molecule has 0 saturated heterocycles. The summed E-state index contributed by atoms with van der Waals surface area (Å²) in [6.45, 7) is 27.2. The van der Waals surface area contributed by atoms with Crippen LogP contribution in [0.3, 0.4) is 0 Å². The maximum absolute atomic E-state index is 2.85. The average Bonchev–Trinajstić information content (AvgIpc) is 1.48. The Morgan fingerprint density at radius 1 is 0.304 bits per heavy atom. The lowest BCUT2D eigenvalue weighted by Gasteiger charge is -2.36. The molecule has 0 radical (unpaired) electrons. The van der Waals surface area contributed by atoms with Crippen molar-refractivity contribution >= 4 is 94.2 Å². The molecule has 0 aliphatic carbocycles. The van der Waals surface area contributed by atoms with Gasteiger partial charge < -0.3 is 18.2 Å². The molecule has 0 saturated carbocycles. The van der Waals surface area contributed by atoms with Crippen LogP contribution in [0.1, 0.15) is 83.9 Å². The molecule has 0 spiro atoms. The zero-order chi connectivity index (χ0) is 62.1. The van der Waals surface area contributed by atoms with Crippen molar-refractivity contribution in [3.8, 4) is 78.1 Å². The third kappa shape index (κ3) is 6.48. The topological polar surface area (TPSA) is 19.7 Å². The van der Waals surface area contributed by atoms with E-state index in [1.165, 1.54) is 243 Å². The quantitative estimate of drug-likeness (QED) is 0.157. The summed E-state index contributed by atoms with van der Waals surface area (Å²) in [5.74, 6) is 0. The first-order valence-corrected chi connectivity index (χ1v) is 33.0. The lowest BCUT2D eigenvalue weighted by molar-refractivity contribution is 0.711. The van der Waals surface area contributed by atoms with Crippen molar-refractivity contribution in [3.63, 3.8) is 0 Å². The van der Waals surface area contributed by atoms with Gasteiger partial charge in [-0.3, -0.25) is 0 Å². The molecule has 20 rings (SSSR count). The molecule has 4 nitrogen and oxygen atoms in total. The largest absolute Gasteiger partial charge is 0.374 e. The Balaban J connectivity index is 0.923. The van der Waals surface area contributed by atoms with Gasteiger partial charge in [0.1, 0.15) is 0 Å². The van der Waals surface area contributed by atoms with E-state index in [0.29, 0.717) is 0 Å². The van der Waals surface area contributed by atoms with Gasteiger partial charge in [0.05, 0.1) is 50.3 Å². The molecule has 16 aromatic rings. The number of benzene rings is 12. The van der Waals surface area contributed by atoms with Crippen molar-refractivity contribution in [2.45, 2.75) is 89.1 Å². The predicted octanol–water partition coefficient (Wildman–Crippen LogP) is 21.2. The fraction of sp³-hybridized carbons (Fsp3) is 0.149. The van der Waals surface area contributed by atoms with Gasteiger partial charge in [0.2, 0.25) is 0 Å². The smallest absolute Gasteiger partial charge is 0.333 e. The van der Waals surface area contributed by atoms with Crippen LogP contribution in [0.5, 0.6) is 0 Å². The number of nitrogens with zero attached hydrogens (tertiary/aromatic N) is 4. The molecule has 0 N–H and O–H groups in total. The van der Waals surface area contributed by atoms with E-state index in [1.807, 2.05) is 0 Å². The van der Waals surface area contributed by atoms with Gasteiger partial charge in [-0.1, -0.05) is 150 Å². The van der Waals surface area contributed by atoms with Gasteiger partial charge in [0, 0.05) is 65.8 Å². The minimum Gasteiger partial charge on any atom is -0.374 e. The highest BCUT2D eigenvalue weighted by molar-refractivity contribution is 6.90. The lowest BCUT2D eigenvalue weighted by Crippen LogP contribution is -2.55. The third-order valence-electron chi connectivity index (χ3n) is 22.3. The molecule has 0 bridgehead atoms. The van der Waals surface area contributed by atoms with Crippen molar-refractivity contribution in [3.05, 3.63) is 260 Å². The van der Waals surface area contributed by atoms with E-state index in [1.54, 1.807) is 0 Å². The van der Waals surface area contributed by atoms with Crippen LogP contribution in [-0.2, 0) is 0 Å². The first kappa shape index (κ1) is 52.4. The van der Waals surface area contributed by atoms with Gasteiger partial charge >= 0.3 is 6.85 Å². The second-order valence-electron chi connectivity index (χ2n) is 28.3. The van der Waals surface area contributed by atoms with E-state index in [-0.39, 0.29) is 12.9 Å². The van der Waals surface area contributed by atoms with E-state index in [9.17, 15) is 0 Å². The van der Waals surface area contributed by atoms with Crippen LogP contribution in [0.4, 0.5) is 0 Å². The summed E-state index contributed by atoms with van der Waals surface area (Å²) in [6, 6.07) is 72.5. The molecule has 0 fully saturated rings. The number of aryl methyl sites for hydroxylation is 12. The fourth-order valence-electron chi connectivity index (χ4n) is 19.7. The van der Waals surface area contributed by atoms with Crippen molar-refractivity contribution in [1.82, 2.24) is 18.2 Å². The van der Waals surface area contributed by atoms with Crippen LogP contribution in [-0.4, -0.2) is 25.0 Å². The average molecular weight is 1180 g/mol. The highest BCUT2D eigenvalue weighted by Crippen LogP contribution is 2.58. The third-order valence-corrected chi connectivity index (χ3v) is 22.3. The number of hydrogen-bond donors (Lipinski definition) is 0. The van der Waals surface area contributed by atoms with Crippen LogP contribution < -0.4 is 10.9 Å². The van der Waals surface area contributed by atoms with Gasteiger partial charge in [-0.05, 0) is 249 Å². The van der Waals surface area contributed by atoms with Gasteiger partial charge in [-0.2, -0.15) is 0 Å². The molecular formula is C87H67BN4. The normalized spacial score (nSPS) is 14.0. The Labute approximate surface area is 536 Å². The summed E-state index contributed by atoms with van der Waals surface area (Å²) in [4.78, 5) is 0. The number of hydrogen-bond acceptors (Lipinski definition) is 0. The molecule has 92 heavy (non-hydrogen) atoms. The molecule has 0 amide bonds. The molecule has 4 aliphatic heterocycles. The number of fused-ring (bicyclic) bond motifs is 19. The van der Waals surface area contributed by atoms with Crippen molar-refractivity contribution in [2.24, 2.45) is 0 Å². The van der Waals surface area contributed by atoms with E-state index >= 15 is 0 Å². The summed E-state index contributed by atoms with van der Waals surface area (Å²) >= 11 is 0. The van der Waals surface area contributed by atoms with Gasteiger partial charge in [0.25, 0.3) is 0 Å². The lowest BCUT2D eigenvalue weighted by atomic mass is 9.45.